The molecular weight excluding hydrogens is 346 g/mol. The molecule has 0 amide bonds. The van der Waals surface area contributed by atoms with Crippen molar-refractivity contribution in [3.8, 4) is 5.75 Å². The molecule has 0 bridgehead atoms. The molecule has 1 unspecified atom stereocenters. The maximum atomic E-state index is 13.6. The van der Waals surface area contributed by atoms with Gasteiger partial charge in [-0.3, -0.25) is 4.90 Å². The zero-order valence-electron chi connectivity index (χ0n) is 11.9. The van der Waals surface area contributed by atoms with E-state index in [2.05, 4.69) is 32.8 Å². The van der Waals surface area contributed by atoms with E-state index in [0.29, 0.717) is 11.0 Å². The average molecular weight is 365 g/mol. The predicted octanol–water partition coefficient (Wildman–Crippen LogP) is 1.71. The van der Waals surface area contributed by atoms with Crippen molar-refractivity contribution in [3.05, 3.63) is 28.2 Å². The number of likely N-dealkylation sites (N-methyl/N-ethyl adjacent to an activating group) is 1. The lowest BCUT2D eigenvalue weighted by atomic mass is 10.2. The van der Waals surface area contributed by atoms with Crippen molar-refractivity contribution in [1.29, 1.82) is 0 Å². The van der Waals surface area contributed by atoms with Gasteiger partial charge in [0.2, 0.25) is 0 Å². The van der Waals surface area contributed by atoms with Gasteiger partial charge in [0.1, 0.15) is 12.7 Å². The molecule has 7 heteroatoms. The number of nitrogens with zero attached hydrogens (tertiary/aromatic N) is 2. The SMILES string of the molecule is CN1CCN(CC(O)COc2c(F)cc(Br)cc2F)CC1. The third-order valence-electron chi connectivity index (χ3n) is 3.45. The Kier molecular flexibility index (Phi) is 5.92. The molecule has 1 aromatic carbocycles. The number of rotatable bonds is 5. The molecule has 1 aliphatic rings. The second kappa shape index (κ2) is 7.49. The summed E-state index contributed by atoms with van der Waals surface area (Å²) in [4.78, 5) is 4.33. The highest BCUT2D eigenvalue weighted by Gasteiger charge is 2.19. The first-order valence-corrected chi connectivity index (χ1v) is 7.61. The van der Waals surface area contributed by atoms with Crippen molar-refractivity contribution in [2.75, 3.05) is 46.4 Å². The van der Waals surface area contributed by atoms with E-state index < -0.39 is 23.5 Å². The number of benzene rings is 1. The van der Waals surface area contributed by atoms with E-state index in [1.165, 1.54) is 0 Å². The molecule has 1 N–H and O–H groups in total. The Morgan fingerprint density at radius 1 is 1.24 bits per heavy atom. The largest absolute Gasteiger partial charge is 0.485 e. The highest BCUT2D eigenvalue weighted by Crippen LogP contribution is 2.25. The second-order valence-electron chi connectivity index (χ2n) is 5.27. The number of hydrogen-bond donors (Lipinski definition) is 1. The van der Waals surface area contributed by atoms with Gasteiger partial charge in [0.05, 0.1) is 0 Å². The van der Waals surface area contributed by atoms with Crippen molar-refractivity contribution in [2.24, 2.45) is 0 Å². The first-order chi connectivity index (χ1) is 9.95. The summed E-state index contributed by atoms with van der Waals surface area (Å²) >= 11 is 3.00. The van der Waals surface area contributed by atoms with E-state index in [-0.39, 0.29) is 6.61 Å². The Morgan fingerprint density at radius 2 is 1.81 bits per heavy atom. The Bertz CT molecular complexity index is 459. The fourth-order valence-corrected chi connectivity index (χ4v) is 2.63. The van der Waals surface area contributed by atoms with Crippen LogP contribution < -0.4 is 4.74 Å². The number of β-amino-alcohol motifs (C(OH)–C–C–N with tert-alkyl or cyclic N) is 1. The van der Waals surface area contributed by atoms with Crippen LogP contribution in [0.4, 0.5) is 8.78 Å². The molecule has 21 heavy (non-hydrogen) atoms. The van der Waals surface area contributed by atoms with E-state index >= 15 is 0 Å². The zero-order valence-corrected chi connectivity index (χ0v) is 13.4. The number of aliphatic hydroxyl groups excluding tert-OH is 1. The smallest absolute Gasteiger partial charge is 0.190 e. The fraction of sp³-hybridized carbons (Fsp3) is 0.571. The summed E-state index contributed by atoms with van der Waals surface area (Å²) in [6, 6.07) is 2.26. The number of aliphatic hydroxyl groups is 1. The molecule has 1 fully saturated rings. The third kappa shape index (κ3) is 4.88. The van der Waals surface area contributed by atoms with E-state index in [4.69, 9.17) is 4.74 Å². The number of piperazine rings is 1. The topological polar surface area (TPSA) is 35.9 Å². The van der Waals surface area contributed by atoms with E-state index in [0.717, 1.165) is 38.3 Å². The van der Waals surface area contributed by atoms with Gasteiger partial charge in [-0.15, -0.1) is 0 Å². The summed E-state index contributed by atoms with van der Waals surface area (Å²) < 4.78 is 32.5. The van der Waals surface area contributed by atoms with Crippen molar-refractivity contribution >= 4 is 15.9 Å². The van der Waals surface area contributed by atoms with Crippen molar-refractivity contribution in [1.82, 2.24) is 9.80 Å². The first-order valence-electron chi connectivity index (χ1n) is 6.82. The van der Waals surface area contributed by atoms with Crippen LogP contribution in [0.15, 0.2) is 16.6 Å². The van der Waals surface area contributed by atoms with Gasteiger partial charge in [-0.05, 0) is 19.2 Å². The van der Waals surface area contributed by atoms with Gasteiger partial charge in [0.15, 0.2) is 17.4 Å². The van der Waals surface area contributed by atoms with Gasteiger partial charge in [0, 0.05) is 37.2 Å². The van der Waals surface area contributed by atoms with Crippen LogP contribution in [-0.4, -0.2) is 67.4 Å². The van der Waals surface area contributed by atoms with E-state index in [1.54, 1.807) is 0 Å². The van der Waals surface area contributed by atoms with Crippen LogP contribution in [0.1, 0.15) is 0 Å². The van der Waals surface area contributed by atoms with Crippen molar-refractivity contribution in [3.63, 3.8) is 0 Å². The molecule has 2 rings (SSSR count). The van der Waals surface area contributed by atoms with E-state index in [1.807, 2.05) is 0 Å². The number of ether oxygens (including phenoxy) is 1. The normalized spacial score (nSPS) is 18.7. The molecule has 0 saturated carbocycles. The molecule has 0 aromatic heterocycles. The van der Waals surface area contributed by atoms with Crippen LogP contribution in [0, 0.1) is 11.6 Å². The van der Waals surface area contributed by atoms with Gasteiger partial charge in [-0.1, -0.05) is 15.9 Å². The molecule has 118 valence electrons. The predicted molar refractivity (Wildman–Crippen MR) is 79.5 cm³/mol. The average Bonchev–Trinajstić information content (AvgIpc) is 2.40. The number of hydrogen-bond acceptors (Lipinski definition) is 4. The maximum absolute atomic E-state index is 13.6. The van der Waals surface area contributed by atoms with Gasteiger partial charge in [0.25, 0.3) is 0 Å². The monoisotopic (exact) mass is 364 g/mol. The molecule has 1 saturated heterocycles. The summed E-state index contributed by atoms with van der Waals surface area (Å²) in [6.45, 7) is 3.94. The van der Waals surface area contributed by atoms with Crippen LogP contribution >= 0.6 is 15.9 Å². The lowest BCUT2D eigenvalue weighted by molar-refractivity contribution is 0.0483. The molecule has 1 atom stereocenters. The summed E-state index contributed by atoms with van der Waals surface area (Å²) in [5.41, 5.74) is 0. The number of halogens is 3. The minimum Gasteiger partial charge on any atom is -0.485 e. The molecule has 1 aliphatic heterocycles. The van der Waals surface area contributed by atoms with Crippen LogP contribution in [-0.2, 0) is 0 Å². The first kappa shape index (κ1) is 16.6. The Hall–Kier alpha value is -0.760. The summed E-state index contributed by atoms with van der Waals surface area (Å²) in [5.74, 6) is -2.02. The lowest BCUT2D eigenvalue weighted by Crippen LogP contribution is -2.47. The van der Waals surface area contributed by atoms with Crippen LogP contribution in [0.25, 0.3) is 0 Å². The molecular formula is C14H19BrF2N2O2. The van der Waals surface area contributed by atoms with Gasteiger partial charge in [-0.25, -0.2) is 8.78 Å². The van der Waals surface area contributed by atoms with Crippen molar-refractivity contribution < 1.29 is 18.6 Å². The van der Waals surface area contributed by atoms with Gasteiger partial charge >= 0.3 is 0 Å². The summed E-state index contributed by atoms with van der Waals surface area (Å²) in [6.07, 6.45) is -0.782. The van der Waals surface area contributed by atoms with Crippen molar-refractivity contribution in [2.45, 2.75) is 6.10 Å². The molecule has 1 aromatic rings. The van der Waals surface area contributed by atoms with Gasteiger partial charge < -0.3 is 14.7 Å². The Labute approximate surface area is 131 Å². The third-order valence-corrected chi connectivity index (χ3v) is 3.91. The molecule has 0 radical (unpaired) electrons. The highest BCUT2D eigenvalue weighted by molar-refractivity contribution is 9.10. The minimum atomic E-state index is -0.784. The molecule has 1 heterocycles. The fourth-order valence-electron chi connectivity index (χ4n) is 2.23. The molecule has 4 nitrogen and oxygen atoms in total. The maximum Gasteiger partial charge on any atom is 0.190 e. The zero-order chi connectivity index (χ0) is 15.4. The van der Waals surface area contributed by atoms with Gasteiger partial charge in [-0.2, -0.15) is 0 Å². The second-order valence-corrected chi connectivity index (χ2v) is 6.18. The van der Waals surface area contributed by atoms with Crippen LogP contribution in [0.5, 0.6) is 5.75 Å². The minimum absolute atomic E-state index is 0.137. The summed E-state index contributed by atoms with van der Waals surface area (Å²) in [5, 5.41) is 9.93. The van der Waals surface area contributed by atoms with Crippen LogP contribution in [0.2, 0.25) is 0 Å². The molecule has 0 aliphatic carbocycles. The lowest BCUT2D eigenvalue weighted by Gasteiger charge is -2.33. The Balaban J connectivity index is 1.83. The summed E-state index contributed by atoms with van der Waals surface area (Å²) in [7, 11) is 2.05. The quantitative estimate of drug-likeness (QED) is 0.862. The highest BCUT2D eigenvalue weighted by atomic mass is 79.9. The molecule has 0 spiro atoms. The van der Waals surface area contributed by atoms with E-state index in [9.17, 15) is 13.9 Å². The standard InChI is InChI=1S/C14H19BrF2N2O2/c1-18-2-4-19(5-3-18)8-11(20)9-21-14-12(16)6-10(15)7-13(14)17/h6-7,11,20H,2-5,8-9H2,1H3. The van der Waals surface area contributed by atoms with Crippen LogP contribution in [0.3, 0.4) is 0 Å². The Morgan fingerprint density at radius 3 is 2.38 bits per heavy atom.